The fraction of sp³-hybridized carbons (Fsp3) is 0. The van der Waals surface area contributed by atoms with Crippen LogP contribution in [0.4, 0.5) is 0 Å². The Morgan fingerprint density at radius 3 is 2.36 bits per heavy atom. The average Bonchev–Trinajstić information content (AvgIpc) is 2.08. The van der Waals surface area contributed by atoms with Gasteiger partial charge in [-0.25, -0.2) is 0 Å². The van der Waals surface area contributed by atoms with Crippen molar-refractivity contribution in [1.29, 1.82) is 0 Å². The molecular weight excluding hydrogens is 239 g/mol. The highest BCUT2D eigenvalue weighted by molar-refractivity contribution is 7.80. The summed E-state index contributed by atoms with van der Waals surface area (Å²) >= 11 is 16.3. The molecule has 1 aromatic rings. The maximum atomic E-state index is 5.82. The third-order valence-corrected chi connectivity index (χ3v) is 2.41. The van der Waals surface area contributed by atoms with Crippen LogP contribution in [0.15, 0.2) is 24.3 Å². The highest BCUT2D eigenvalue weighted by Crippen LogP contribution is 2.24. The van der Waals surface area contributed by atoms with Crippen molar-refractivity contribution in [3.63, 3.8) is 0 Å². The van der Waals surface area contributed by atoms with Gasteiger partial charge in [-0.3, -0.25) is 0 Å². The van der Waals surface area contributed by atoms with Crippen molar-refractivity contribution in [2.75, 3.05) is 0 Å². The average molecular weight is 247 g/mol. The van der Waals surface area contributed by atoms with E-state index >= 15 is 0 Å². The first kappa shape index (κ1) is 11.3. The van der Waals surface area contributed by atoms with Gasteiger partial charge in [0.15, 0.2) is 0 Å². The molecule has 0 spiro atoms. The van der Waals surface area contributed by atoms with Gasteiger partial charge in [0, 0.05) is 5.70 Å². The standard InChI is InChI=1S/C9H8Cl2N2S/c10-6-2-1-5(3-7(6)11)8(12)4-9(13)14/h1-4H,12H2,(H2,13,14). The number of hydrogen-bond acceptors (Lipinski definition) is 2. The zero-order valence-corrected chi connectivity index (χ0v) is 9.46. The fourth-order valence-electron chi connectivity index (χ4n) is 0.912. The molecule has 0 radical (unpaired) electrons. The van der Waals surface area contributed by atoms with Crippen LogP contribution in [0.2, 0.25) is 10.0 Å². The van der Waals surface area contributed by atoms with Crippen LogP contribution in [-0.2, 0) is 0 Å². The summed E-state index contributed by atoms with van der Waals surface area (Å²) in [6.07, 6.45) is 1.49. The SMILES string of the molecule is NC(=S)C=C(N)c1ccc(Cl)c(Cl)c1. The first-order chi connectivity index (χ1) is 6.50. The maximum Gasteiger partial charge on any atom is 0.0982 e. The predicted molar refractivity (Wildman–Crippen MR) is 65.4 cm³/mol. The smallest absolute Gasteiger partial charge is 0.0982 e. The minimum absolute atomic E-state index is 0.230. The van der Waals surface area contributed by atoms with E-state index in [1.54, 1.807) is 18.2 Å². The number of rotatable bonds is 2. The van der Waals surface area contributed by atoms with E-state index in [2.05, 4.69) is 0 Å². The summed E-state index contributed by atoms with van der Waals surface area (Å²) in [4.78, 5) is 0.230. The summed E-state index contributed by atoms with van der Waals surface area (Å²) in [5.41, 5.74) is 12.2. The van der Waals surface area contributed by atoms with Gasteiger partial charge in [0.25, 0.3) is 0 Å². The van der Waals surface area contributed by atoms with Gasteiger partial charge >= 0.3 is 0 Å². The van der Waals surface area contributed by atoms with E-state index in [4.69, 9.17) is 46.9 Å². The van der Waals surface area contributed by atoms with Crippen molar-refractivity contribution in [2.24, 2.45) is 11.5 Å². The summed E-state index contributed by atoms with van der Waals surface area (Å²) in [5.74, 6) is 0. The van der Waals surface area contributed by atoms with Crippen LogP contribution in [0.3, 0.4) is 0 Å². The van der Waals surface area contributed by atoms with Crippen LogP contribution in [0.25, 0.3) is 5.70 Å². The van der Waals surface area contributed by atoms with Gasteiger partial charge in [-0.05, 0) is 23.8 Å². The Hall–Kier alpha value is -0.770. The lowest BCUT2D eigenvalue weighted by Crippen LogP contribution is -2.07. The molecule has 1 rings (SSSR count). The van der Waals surface area contributed by atoms with E-state index in [1.165, 1.54) is 6.08 Å². The van der Waals surface area contributed by atoms with Crippen molar-refractivity contribution in [3.8, 4) is 0 Å². The summed E-state index contributed by atoms with van der Waals surface area (Å²) in [6.45, 7) is 0. The Labute approximate surface area is 97.5 Å². The highest BCUT2D eigenvalue weighted by atomic mass is 35.5. The Morgan fingerprint density at radius 1 is 1.21 bits per heavy atom. The molecule has 0 aliphatic heterocycles. The van der Waals surface area contributed by atoms with Gasteiger partial charge in [-0.1, -0.05) is 41.5 Å². The molecule has 0 unspecified atom stereocenters. The molecule has 0 amide bonds. The molecular formula is C9H8Cl2N2S. The van der Waals surface area contributed by atoms with Crippen LogP contribution in [0, 0.1) is 0 Å². The third kappa shape index (κ3) is 2.87. The topological polar surface area (TPSA) is 52.0 Å². The second-order valence-electron chi connectivity index (χ2n) is 2.63. The van der Waals surface area contributed by atoms with E-state index in [0.717, 1.165) is 5.56 Å². The predicted octanol–water partition coefficient (Wildman–Crippen LogP) is 2.58. The van der Waals surface area contributed by atoms with Crippen molar-refractivity contribution in [3.05, 3.63) is 39.9 Å². The Bertz CT molecular complexity index is 402. The molecule has 0 aliphatic carbocycles. The molecule has 0 aromatic heterocycles. The van der Waals surface area contributed by atoms with E-state index in [1.807, 2.05) is 0 Å². The highest BCUT2D eigenvalue weighted by Gasteiger charge is 2.01. The van der Waals surface area contributed by atoms with Crippen LogP contribution in [0.1, 0.15) is 5.56 Å². The van der Waals surface area contributed by atoms with Gasteiger partial charge in [0.05, 0.1) is 15.0 Å². The lowest BCUT2D eigenvalue weighted by Gasteiger charge is -2.03. The zero-order chi connectivity index (χ0) is 10.7. The molecule has 0 heterocycles. The molecule has 5 heteroatoms. The largest absolute Gasteiger partial charge is 0.398 e. The van der Waals surface area contributed by atoms with Gasteiger partial charge in [-0.2, -0.15) is 0 Å². The second-order valence-corrected chi connectivity index (χ2v) is 3.92. The van der Waals surface area contributed by atoms with E-state index in [-0.39, 0.29) is 4.99 Å². The molecule has 4 N–H and O–H groups in total. The minimum Gasteiger partial charge on any atom is -0.398 e. The molecule has 74 valence electrons. The second kappa shape index (κ2) is 4.64. The van der Waals surface area contributed by atoms with Gasteiger partial charge < -0.3 is 11.5 Å². The number of nitrogens with two attached hydrogens (primary N) is 2. The lowest BCUT2D eigenvalue weighted by molar-refractivity contribution is 1.52. The van der Waals surface area contributed by atoms with Crippen molar-refractivity contribution < 1.29 is 0 Å². The van der Waals surface area contributed by atoms with E-state index in [0.29, 0.717) is 15.7 Å². The molecule has 0 saturated heterocycles. The van der Waals surface area contributed by atoms with Crippen LogP contribution >= 0.6 is 35.4 Å². The summed E-state index contributed by atoms with van der Waals surface area (Å²) in [7, 11) is 0. The van der Waals surface area contributed by atoms with Crippen LogP contribution in [-0.4, -0.2) is 4.99 Å². The molecule has 0 fully saturated rings. The van der Waals surface area contributed by atoms with Gasteiger partial charge in [0.2, 0.25) is 0 Å². The molecule has 1 aromatic carbocycles. The Morgan fingerprint density at radius 2 is 1.86 bits per heavy atom. The maximum absolute atomic E-state index is 5.82. The monoisotopic (exact) mass is 246 g/mol. The number of thiocarbonyl (C=S) groups is 1. The Balaban J connectivity index is 3.09. The van der Waals surface area contributed by atoms with Gasteiger partial charge in [-0.15, -0.1) is 0 Å². The van der Waals surface area contributed by atoms with Crippen molar-refractivity contribution >= 4 is 46.1 Å². The van der Waals surface area contributed by atoms with Crippen molar-refractivity contribution in [2.45, 2.75) is 0 Å². The minimum atomic E-state index is 0.230. The molecule has 0 bridgehead atoms. The van der Waals surface area contributed by atoms with Gasteiger partial charge in [0.1, 0.15) is 0 Å². The molecule has 0 aliphatic rings. The molecule has 0 atom stereocenters. The Kier molecular flexibility index (Phi) is 3.75. The first-order valence-electron chi connectivity index (χ1n) is 3.72. The van der Waals surface area contributed by atoms with Crippen LogP contribution < -0.4 is 11.5 Å². The zero-order valence-electron chi connectivity index (χ0n) is 7.13. The van der Waals surface area contributed by atoms with E-state index in [9.17, 15) is 0 Å². The summed E-state index contributed by atoms with van der Waals surface area (Å²) in [6, 6.07) is 5.08. The number of benzene rings is 1. The van der Waals surface area contributed by atoms with Crippen molar-refractivity contribution in [1.82, 2.24) is 0 Å². The molecule has 2 nitrogen and oxygen atoms in total. The molecule has 14 heavy (non-hydrogen) atoms. The fourth-order valence-corrected chi connectivity index (χ4v) is 1.34. The quantitative estimate of drug-likeness (QED) is 0.623. The number of halogens is 2. The first-order valence-corrected chi connectivity index (χ1v) is 4.89. The lowest BCUT2D eigenvalue weighted by atomic mass is 10.1. The number of hydrogen-bond donors (Lipinski definition) is 2. The third-order valence-electron chi connectivity index (χ3n) is 1.55. The van der Waals surface area contributed by atoms with E-state index < -0.39 is 0 Å². The molecule has 0 saturated carbocycles. The van der Waals surface area contributed by atoms with Crippen LogP contribution in [0.5, 0.6) is 0 Å². The summed E-state index contributed by atoms with van der Waals surface area (Å²) in [5, 5.41) is 0.932. The summed E-state index contributed by atoms with van der Waals surface area (Å²) < 4.78 is 0. The normalized spacial score (nSPS) is 11.4.